The highest BCUT2D eigenvalue weighted by atomic mass is 16.5. The molecule has 0 spiro atoms. The Morgan fingerprint density at radius 3 is 2.17 bits per heavy atom. The van der Waals surface area contributed by atoms with Gasteiger partial charge in [0.1, 0.15) is 0 Å². The number of aryl methyl sites for hydroxylation is 2. The lowest BCUT2D eigenvalue weighted by Gasteiger charge is -2.11. The average Bonchev–Trinajstić information content (AvgIpc) is 2.72. The van der Waals surface area contributed by atoms with Gasteiger partial charge in [0.15, 0.2) is 18.1 Å². The highest BCUT2D eigenvalue weighted by molar-refractivity contribution is 5.93. The maximum atomic E-state index is 12.0. The highest BCUT2D eigenvalue weighted by Crippen LogP contribution is 2.25. The second kappa shape index (κ2) is 10.7. The maximum Gasteiger partial charge on any atom is 0.276 e. The summed E-state index contributed by atoms with van der Waals surface area (Å²) in [5, 5.41) is 2.74. The number of amides is 3. The fourth-order valence-electron chi connectivity index (χ4n) is 2.39. The van der Waals surface area contributed by atoms with Gasteiger partial charge in [0.05, 0.1) is 7.11 Å². The number of hydrogen-bond donors (Lipinski definition) is 3. The molecule has 0 unspecified atom stereocenters. The lowest BCUT2D eigenvalue weighted by atomic mass is 10.1. The lowest BCUT2D eigenvalue weighted by Crippen LogP contribution is -2.44. The summed E-state index contributed by atoms with van der Waals surface area (Å²) in [7, 11) is 1.50. The molecule has 0 atom stereocenters. The zero-order valence-corrected chi connectivity index (χ0v) is 16.7. The molecule has 3 amide bonds. The first-order valence-electron chi connectivity index (χ1n) is 9.09. The SMILES string of the molecule is COc1ccccc1OCC(=O)NNC(=O)CCC(=O)Nc1ccc(C)c(C)c1. The smallest absolute Gasteiger partial charge is 0.276 e. The second-order valence-corrected chi connectivity index (χ2v) is 6.38. The van der Waals surface area contributed by atoms with E-state index in [2.05, 4.69) is 16.2 Å². The minimum Gasteiger partial charge on any atom is -0.493 e. The Morgan fingerprint density at radius 2 is 1.48 bits per heavy atom. The third-order valence-electron chi connectivity index (χ3n) is 4.14. The Labute approximate surface area is 169 Å². The summed E-state index contributed by atoms with van der Waals surface area (Å²) in [6, 6.07) is 12.5. The zero-order valence-electron chi connectivity index (χ0n) is 16.7. The number of methoxy groups -OCH3 is 1. The summed E-state index contributed by atoms with van der Waals surface area (Å²) >= 11 is 0. The molecule has 0 aliphatic rings. The molecule has 8 nitrogen and oxygen atoms in total. The van der Waals surface area contributed by atoms with E-state index in [1.165, 1.54) is 7.11 Å². The number of nitrogens with one attached hydrogen (secondary N) is 3. The molecule has 0 radical (unpaired) electrons. The van der Waals surface area contributed by atoms with Crippen molar-refractivity contribution in [3.63, 3.8) is 0 Å². The normalized spacial score (nSPS) is 10.0. The van der Waals surface area contributed by atoms with Crippen LogP contribution in [0.15, 0.2) is 42.5 Å². The van der Waals surface area contributed by atoms with E-state index in [1.807, 2.05) is 32.0 Å². The first-order chi connectivity index (χ1) is 13.9. The van der Waals surface area contributed by atoms with Gasteiger partial charge in [-0.25, -0.2) is 0 Å². The molecule has 0 aliphatic heterocycles. The maximum absolute atomic E-state index is 12.0. The fourth-order valence-corrected chi connectivity index (χ4v) is 2.39. The molecular formula is C21H25N3O5. The van der Waals surface area contributed by atoms with Gasteiger partial charge in [-0.15, -0.1) is 0 Å². The van der Waals surface area contributed by atoms with Gasteiger partial charge in [-0.1, -0.05) is 18.2 Å². The van der Waals surface area contributed by atoms with Gasteiger partial charge < -0.3 is 14.8 Å². The highest BCUT2D eigenvalue weighted by Gasteiger charge is 2.10. The van der Waals surface area contributed by atoms with E-state index in [9.17, 15) is 14.4 Å². The first-order valence-corrected chi connectivity index (χ1v) is 9.09. The van der Waals surface area contributed by atoms with Crippen LogP contribution < -0.4 is 25.6 Å². The number of rotatable bonds is 8. The molecule has 0 aromatic heterocycles. The number of benzene rings is 2. The Balaban J connectivity index is 1.67. The predicted octanol–water partition coefficient (Wildman–Crippen LogP) is 2.26. The molecule has 0 saturated carbocycles. The zero-order chi connectivity index (χ0) is 21.2. The molecule has 29 heavy (non-hydrogen) atoms. The Morgan fingerprint density at radius 1 is 0.828 bits per heavy atom. The number of ether oxygens (including phenoxy) is 2. The third kappa shape index (κ3) is 7.17. The number of hydrazine groups is 1. The molecular weight excluding hydrogens is 374 g/mol. The van der Waals surface area contributed by atoms with Crippen molar-refractivity contribution in [2.75, 3.05) is 19.0 Å². The molecule has 0 aliphatic carbocycles. The summed E-state index contributed by atoms with van der Waals surface area (Å²) in [4.78, 5) is 35.6. The van der Waals surface area contributed by atoms with Crippen molar-refractivity contribution in [2.24, 2.45) is 0 Å². The number of para-hydroxylation sites is 2. The Bertz CT molecular complexity index is 882. The van der Waals surface area contributed by atoms with Gasteiger partial charge in [-0.3, -0.25) is 25.2 Å². The number of carbonyl (C=O) groups is 3. The summed E-state index contributed by atoms with van der Waals surface area (Å²) in [5.41, 5.74) is 7.38. The van der Waals surface area contributed by atoms with Crippen molar-refractivity contribution < 1.29 is 23.9 Å². The van der Waals surface area contributed by atoms with Crippen molar-refractivity contribution in [3.8, 4) is 11.5 Å². The molecule has 0 fully saturated rings. The first kappa shape index (κ1) is 21.7. The van der Waals surface area contributed by atoms with Crippen molar-refractivity contribution >= 4 is 23.4 Å². The molecule has 0 saturated heterocycles. The van der Waals surface area contributed by atoms with Gasteiger partial charge in [0, 0.05) is 18.5 Å². The van der Waals surface area contributed by atoms with Crippen molar-refractivity contribution in [1.29, 1.82) is 0 Å². The van der Waals surface area contributed by atoms with Crippen molar-refractivity contribution in [1.82, 2.24) is 10.9 Å². The Kier molecular flexibility index (Phi) is 8.02. The molecule has 154 valence electrons. The summed E-state index contributed by atoms with van der Waals surface area (Å²) in [6.45, 7) is 3.65. The van der Waals surface area contributed by atoms with Crippen LogP contribution in [0.3, 0.4) is 0 Å². The number of hydrogen-bond acceptors (Lipinski definition) is 5. The van der Waals surface area contributed by atoms with Gasteiger partial charge in [0.25, 0.3) is 5.91 Å². The van der Waals surface area contributed by atoms with Crippen LogP contribution in [0.25, 0.3) is 0 Å². The molecule has 0 bridgehead atoms. The van der Waals surface area contributed by atoms with Gasteiger partial charge >= 0.3 is 0 Å². The third-order valence-corrected chi connectivity index (χ3v) is 4.14. The van der Waals surface area contributed by atoms with Crippen LogP contribution in [0.2, 0.25) is 0 Å². The molecule has 8 heteroatoms. The monoisotopic (exact) mass is 399 g/mol. The van der Waals surface area contributed by atoms with Crippen LogP contribution in [-0.4, -0.2) is 31.4 Å². The fraction of sp³-hybridized carbons (Fsp3) is 0.286. The summed E-state index contributed by atoms with van der Waals surface area (Å²) in [6.07, 6.45) is -0.0728. The van der Waals surface area contributed by atoms with E-state index in [0.717, 1.165) is 11.1 Å². The predicted molar refractivity (Wildman–Crippen MR) is 109 cm³/mol. The molecule has 2 rings (SSSR count). The van der Waals surface area contributed by atoms with Crippen molar-refractivity contribution in [2.45, 2.75) is 26.7 Å². The van der Waals surface area contributed by atoms with Crippen LogP contribution in [0.1, 0.15) is 24.0 Å². The number of carbonyl (C=O) groups excluding carboxylic acids is 3. The summed E-state index contributed by atoms with van der Waals surface area (Å²) < 4.78 is 10.5. The summed E-state index contributed by atoms with van der Waals surface area (Å²) in [5.74, 6) is -0.387. The van der Waals surface area contributed by atoms with E-state index in [4.69, 9.17) is 9.47 Å². The van der Waals surface area contributed by atoms with E-state index in [0.29, 0.717) is 17.2 Å². The standard InChI is InChI=1S/C21H25N3O5/c1-14-8-9-16(12-15(14)2)22-19(25)10-11-20(26)23-24-21(27)13-29-18-7-5-4-6-17(18)28-3/h4-9,12H,10-11,13H2,1-3H3,(H,22,25)(H,23,26)(H,24,27). The minimum atomic E-state index is -0.538. The van der Waals surface area contributed by atoms with E-state index in [-0.39, 0.29) is 25.4 Å². The van der Waals surface area contributed by atoms with Crippen LogP contribution in [0.5, 0.6) is 11.5 Å². The quantitative estimate of drug-likeness (QED) is 0.591. The van der Waals surface area contributed by atoms with E-state index >= 15 is 0 Å². The van der Waals surface area contributed by atoms with Crippen LogP contribution in [0.4, 0.5) is 5.69 Å². The van der Waals surface area contributed by atoms with Crippen LogP contribution in [-0.2, 0) is 14.4 Å². The van der Waals surface area contributed by atoms with E-state index in [1.54, 1.807) is 24.3 Å². The van der Waals surface area contributed by atoms with Gasteiger partial charge in [-0.05, 0) is 49.2 Å². The number of anilines is 1. The largest absolute Gasteiger partial charge is 0.493 e. The van der Waals surface area contributed by atoms with Crippen LogP contribution >= 0.6 is 0 Å². The molecule has 2 aromatic rings. The van der Waals surface area contributed by atoms with Gasteiger partial charge in [-0.2, -0.15) is 0 Å². The molecule has 0 heterocycles. The molecule has 3 N–H and O–H groups in total. The lowest BCUT2D eigenvalue weighted by molar-refractivity contribution is -0.130. The topological polar surface area (TPSA) is 106 Å². The second-order valence-electron chi connectivity index (χ2n) is 6.38. The molecule has 2 aromatic carbocycles. The minimum absolute atomic E-state index is 0.00760. The Hall–Kier alpha value is -3.55. The van der Waals surface area contributed by atoms with E-state index < -0.39 is 11.8 Å². The average molecular weight is 399 g/mol. The van der Waals surface area contributed by atoms with Crippen molar-refractivity contribution in [3.05, 3.63) is 53.6 Å². The van der Waals surface area contributed by atoms with Crippen LogP contribution in [0, 0.1) is 13.8 Å². The van der Waals surface area contributed by atoms with Gasteiger partial charge in [0.2, 0.25) is 11.8 Å².